The Hall–Kier alpha value is -0.830. The molecule has 13 heavy (non-hydrogen) atoms. The van der Waals surface area contributed by atoms with Crippen LogP contribution in [0.4, 0.5) is 0 Å². The zero-order valence-electron chi connectivity index (χ0n) is 7.38. The molecule has 2 nitrogen and oxygen atoms in total. The molecule has 0 amide bonds. The molecule has 0 aliphatic carbocycles. The van der Waals surface area contributed by atoms with Crippen LogP contribution in [0.5, 0.6) is 0 Å². The minimum Gasteiger partial charge on any atom is -0.440 e. The van der Waals surface area contributed by atoms with Crippen LogP contribution < -0.4 is 0 Å². The van der Waals surface area contributed by atoms with Crippen molar-refractivity contribution in [3.63, 3.8) is 0 Å². The van der Waals surface area contributed by atoms with Crippen LogP contribution in [-0.2, 0) is 11.8 Å². The van der Waals surface area contributed by atoms with Crippen LogP contribution >= 0.6 is 15.9 Å². The number of alkyl halides is 1. The molecule has 0 aliphatic heterocycles. The van der Waals surface area contributed by atoms with Gasteiger partial charge in [0.05, 0.1) is 5.33 Å². The van der Waals surface area contributed by atoms with Gasteiger partial charge in [0.2, 0.25) is 5.89 Å². The van der Waals surface area contributed by atoms with Crippen molar-refractivity contribution in [3.05, 3.63) is 29.7 Å². The van der Waals surface area contributed by atoms with E-state index in [1.54, 1.807) is 0 Å². The average molecular weight is 240 g/mol. The highest BCUT2D eigenvalue weighted by Crippen LogP contribution is 2.20. The van der Waals surface area contributed by atoms with Crippen molar-refractivity contribution < 1.29 is 4.42 Å². The van der Waals surface area contributed by atoms with Crippen molar-refractivity contribution >= 4 is 27.0 Å². The van der Waals surface area contributed by atoms with Gasteiger partial charge >= 0.3 is 0 Å². The lowest BCUT2D eigenvalue weighted by Gasteiger charge is -1.93. The number of nitrogens with zero attached hydrogens (tertiary/aromatic N) is 1. The predicted molar refractivity (Wildman–Crippen MR) is 56.0 cm³/mol. The molecule has 0 atom stereocenters. The number of para-hydroxylation sites is 1. The highest BCUT2D eigenvalue weighted by Gasteiger charge is 2.06. The van der Waals surface area contributed by atoms with E-state index in [1.165, 1.54) is 5.56 Å². The van der Waals surface area contributed by atoms with Gasteiger partial charge in [-0.15, -0.1) is 0 Å². The largest absolute Gasteiger partial charge is 0.440 e. The Morgan fingerprint density at radius 1 is 1.46 bits per heavy atom. The number of halogens is 1. The second kappa shape index (κ2) is 3.50. The number of rotatable bonds is 2. The van der Waals surface area contributed by atoms with Crippen LogP contribution in [0, 0.1) is 0 Å². The molecule has 0 bridgehead atoms. The first-order valence-electron chi connectivity index (χ1n) is 4.28. The normalized spacial score (nSPS) is 10.9. The minimum atomic E-state index is 0.671. The van der Waals surface area contributed by atoms with E-state index in [9.17, 15) is 0 Å². The van der Waals surface area contributed by atoms with Gasteiger partial charge in [0, 0.05) is 0 Å². The van der Waals surface area contributed by atoms with Crippen LogP contribution in [0.15, 0.2) is 22.6 Å². The van der Waals surface area contributed by atoms with E-state index >= 15 is 0 Å². The van der Waals surface area contributed by atoms with Gasteiger partial charge in [-0.3, -0.25) is 0 Å². The number of hydrogen-bond acceptors (Lipinski definition) is 2. The molecule has 0 N–H and O–H groups in total. The molecule has 0 radical (unpaired) electrons. The van der Waals surface area contributed by atoms with Gasteiger partial charge in [-0.2, -0.15) is 0 Å². The lowest BCUT2D eigenvalue weighted by atomic mass is 10.1. The van der Waals surface area contributed by atoms with Gasteiger partial charge in [0.1, 0.15) is 5.52 Å². The third-order valence-corrected chi connectivity index (χ3v) is 2.52. The Bertz CT molecular complexity index is 422. The molecule has 3 heteroatoms. The van der Waals surface area contributed by atoms with Crippen molar-refractivity contribution in [1.29, 1.82) is 0 Å². The van der Waals surface area contributed by atoms with Crippen molar-refractivity contribution in [2.24, 2.45) is 0 Å². The highest BCUT2D eigenvalue weighted by molar-refractivity contribution is 9.08. The number of aromatic nitrogens is 1. The molecule has 68 valence electrons. The Balaban J connectivity index is 2.67. The lowest BCUT2D eigenvalue weighted by molar-refractivity contribution is 0.557. The SMILES string of the molecule is CCc1cccc2oc(CBr)nc12. The van der Waals surface area contributed by atoms with Crippen LogP contribution in [-0.4, -0.2) is 4.98 Å². The summed E-state index contributed by atoms with van der Waals surface area (Å²) < 4.78 is 5.50. The number of aryl methyl sites for hydroxylation is 1. The van der Waals surface area contributed by atoms with Gasteiger partial charge in [-0.05, 0) is 18.1 Å². The molecule has 0 saturated heterocycles. The monoisotopic (exact) mass is 239 g/mol. The molecule has 1 aromatic heterocycles. The number of benzene rings is 1. The second-order valence-corrected chi connectivity index (χ2v) is 3.42. The molecule has 2 rings (SSSR count). The van der Waals surface area contributed by atoms with Crippen molar-refractivity contribution in [3.8, 4) is 0 Å². The molecular weight excluding hydrogens is 230 g/mol. The topological polar surface area (TPSA) is 26.0 Å². The lowest BCUT2D eigenvalue weighted by Crippen LogP contribution is -1.82. The van der Waals surface area contributed by atoms with E-state index in [4.69, 9.17) is 4.42 Å². The summed E-state index contributed by atoms with van der Waals surface area (Å²) in [6, 6.07) is 6.04. The fraction of sp³-hybridized carbons (Fsp3) is 0.300. The van der Waals surface area contributed by atoms with E-state index in [0.29, 0.717) is 5.33 Å². The van der Waals surface area contributed by atoms with E-state index < -0.39 is 0 Å². The maximum atomic E-state index is 5.50. The molecule has 0 fully saturated rings. The quantitative estimate of drug-likeness (QED) is 0.753. The first kappa shape index (κ1) is 8.75. The third kappa shape index (κ3) is 1.48. The molecule has 0 saturated carbocycles. The van der Waals surface area contributed by atoms with Crippen LogP contribution in [0.25, 0.3) is 11.1 Å². The van der Waals surface area contributed by atoms with E-state index in [-0.39, 0.29) is 0 Å². The Morgan fingerprint density at radius 2 is 2.31 bits per heavy atom. The molecular formula is C10H10BrNO. The molecule has 0 unspecified atom stereocenters. The molecule has 2 aromatic rings. The van der Waals surface area contributed by atoms with Crippen LogP contribution in [0.2, 0.25) is 0 Å². The average Bonchev–Trinajstić information content (AvgIpc) is 2.59. The summed E-state index contributed by atoms with van der Waals surface area (Å²) in [6.45, 7) is 2.12. The highest BCUT2D eigenvalue weighted by atomic mass is 79.9. The summed E-state index contributed by atoms with van der Waals surface area (Å²) in [5, 5.41) is 0.671. The Labute approximate surface area is 85.1 Å². The summed E-state index contributed by atoms with van der Waals surface area (Å²) >= 11 is 3.33. The number of oxazole rings is 1. The van der Waals surface area contributed by atoms with Crippen molar-refractivity contribution in [2.75, 3.05) is 0 Å². The van der Waals surface area contributed by atoms with Gasteiger partial charge in [0.15, 0.2) is 5.58 Å². The minimum absolute atomic E-state index is 0.671. The molecule has 0 spiro atoms. The zero-order valence-corrected chi connectivity index (χ0v) is 8.97. The number of hydrogen-bond donors (Lipinski definition) is 0. The summed E-state index contributed by atoms with van der Waals surface area (Å²) in [6.07, 6.45) is 0.992. The predicted octanol–water partition coefficient (Wildman–Crippen LogP) is 3.29. The standard InChI is InChI=1S/C10H10BrNO/c1-2-7-4-3-5-8-10(7)12-9(6-11)13-8/h3-5H,2,6H2,1H3. The fourth-order valence-electron chi connectivity index (χ4n) is 1.39. The fourth-order valence-corrected chi connectivity index (χ4v) is 1.63. The van der Waals surface area contributed by atoms with Gasteiger partial charge in [0.25, 0.3) is 0 Å². The Kier molecular flexibility index (Phi) is 2.36. The van der Waals surface area contributed by atoms with E-state index in [0.717, 1.165) is 23.4 Å². The summed E-state index contributed by atoms with van der Waals surface area (Å²) in [5.74, 6) is 0.746. The van der Waals surface area contributed by atoms with Crippen molar-refractivity contribution in [2.45, 2.75) is 18.7 Å². The second-order valence-electron chi connectivity index (χ2n) is 2.86. The van der Waals surface area contributed by atoms with Crippen LogP contribution in [0.3, 0.4) is 0 Å². The first-order valence-corrected chi connectivity index (χ1v) is 5.40. The first-order chi connectivity index (χ1) is 6.35. The molecule has 0 aliphatic rings. The summed E-state index contributed by atoms with van der Waals surface area (Å²) in [7, 11) is 0. The smallest absolute Gasteiger partial charge is 0.206 e. The molecule has 1 heterocycles. The van der Waals surface area contributed by atoms with Gasteiger partial charge < -0.3 is 4.42 Å². The third-order valence-electron chi connectivity index (χ3n) is 2.04. The maximum Gasteiger partial charge on any atom is 0.206 e. The van der Waals surface area contributed by atoms with E-state index in [2.05, 4.69) is 33.9 Å². The Morgan fingerprint density at radius 3 is 3.00 bits per heavy atom. The summed E-state index contributed by atoms with van der Waals surface area (Å²) in [4.78, 5) is 4.39. The van der Waals surface area contributed by atoms with Crippen molar-refractivity contribution in [1.82, 2.24) is 4.98 Å². The summed E-state index contributed by atoms with van der Waals surface area (Å²) in [5.41, 5.74) is 3.13. The van der Waals surface area contributed by atoms with E-state index in [1.807, 2.05) is 12.1 Å². The van der Waals surface area contributed by atoms with Gasteiger partial charge in [-0.25, -0.2) is 4.98 Å². The van der Waals surface area contributed by atoms with Crippen LogP contribution in [0.1, 0.15) is 18.4 Å². The zero-order chi connectivity index (χ0) is 9.26. The maximum absolute atomic E-state index is 5.50. The number of fused-ring (bicyclic) bond motifs is 1. The molecule has 1 aromatic carbocycles. The van der Waals surface area contributed by atoms with Gasteiger partial charge in [-0.1, -0.05) is 35.0 Å².